The molecule has 0 unspecified atom stereocenters. The molecule has 0 saturated heterocycles. The maximum Gasteiger partial charge on any atom is 0.243 e. The highest BCUT2D eigenvalue weighted by Gasteiger charge is 2.24. The van der Waals surface area contributed by atoms with E-state index in [1.807, 2.05) is 36.4 Å². The molecule has 0 saturated carbocycles. The van der Waals surface area contributed by atoms with E-state index in [1.54, 1.807) is 11.9 Å². The summed E-state index contributed by atoms with van der Waals surface area (Å²) in [6.07, 6.45) is 1.66. The molecule has 0 spiro atoms. The van der Waals surface area contributed by atoms with Crippen molar-refractivity contribution in [2.75, 3.05) is 27.2 Å². The van der Waals surface area contributed by atoms with Crippen LogP contribution in [-0.2, 0) is 21.2 Å². The van der Waals surface area contributed by atoms with Crippen molar-refractivity contribution in [3.8, 4) is 6.07 Å². The molecule has 0 atom stereocenters. The SMILES string of the molecule is CN(CCCc1ccccc1)C(=O)CN(C)S(=O)(=O)c1ccc(C#N)cc1. The molecule has 6 nitrogen and oxygen atoms in total. The van der Waals surface area contributed by atoms with Crippen molar-refractivity contribution in [1.29, 1.82) is 5.26 Å². The average Bonchev–Trinajstić information content (AvgIpc) is 2.68. The zero-order valence-corrected chi connectivity index (χ0v) is 16.3. The van der Waals surface area contributed by atoms with Crippen LogP contribution in [0.5, 0.6) is 0 Å². The van der Waals surface area contributed by atoms with Crippen LogP contribution in [0.2, 0.25) is 0 Å². The minimum atomic E-state index is -3.78. The van der Waals surface area contributed by atoms with E-state index < -0.39 is 10.0 Å². The van der Waals surface area contributed by atoms with Gasteiger partial charge < -0.3 is 4.90 Å². The van der Waals surface area contributed by atoms with Gasteiger partial charge >= 0.3 is 0 Å². The first kappa shape index (κ1) is 20.6. The molecule has 1 amide bonds. The zero-order valence-electron chi connectivity index (χ0n) is 15.5. The summed E-state index contributed by atoms with van der Waals surface area (Å²) in [7, 11) is -0.725. The number of hydrogen-bond acceptors (Lipinski definition) is 4. The molecule has 0 aliphatic rings. The van der Waals surface area contributed by atoms with Crippen LogP contribution >= 0.6 is 0 Å². The number of sulfonamides is 1. The van der Waals surface area contributed by atoms with Gasteiger partial charge in [0.2, 0.25) is 15.9 Å². The quantitative estimate of drug-likeness (QED) is 0.698. The lowest BCUT2D eigenvalue weighted by Gasteiger charge is -2.22. The molecule has 2 aromatic carbocycles. The Morgan fingerprint density at radius 3 is 2.26 bits per heavy atom. The Labute approximate surface area is 160 Å². The Hall–Kier alpha value is -2.69. The number of rotatable bonds is 8. The Bertz CT molecular complexity index is 904. The highest BCUT2D eigenvalue weighted by Crippen LogP contribution is 2.15. The second-order valence-electron chi connectivity index (χ2n) is 6.30. The van der Waals surface area contributed by atoms with E-state index >= 15 is 0 Å². The van der Waals surface area contributed by atoms with Crippen molar-refractivity contribution in [2.45, 2.75) is 17.7 Å². The van der Waals surface area contributed by atoms with E-state index in [4.69, 9.17) is 5.26 Å². The summed E-state index contributed by atoms with van der Waals surface area (Å²) in [6, 6.07) is 17.6. The fourth-order valence-corrected chi connectivity index (χ4v) is 3.69. The molecule has 2 rings (SSSR count). The van der Waals surface area contributed by atoms with Crippen LogP contribution in [0.4, 0.5) is 0 Å². The van der Waals surface area contributed by atoms with Crippen molar-refractivity contribution in [3.63, 3.8) is 0 Å². The van der Waals surface area contributed by atoms with Crippen molar-refractivity contribution in [1.82, 2.24) is 9.21 Å². The maximum absolute atomic E-state index is 12.6. The molecule has 142 valence electrons. The third kappa shape index (κ3) is 5.64. The summed E-state index contributed by atoms with van der Waals surface area (Å²) < 4.78 is 26.2. The number of nitriles is 1. The van der Waals surface area contributed by atoms with Crippen LogP contribution in [0, 0.1) is 11.3 Å². The fourth-order valence-electron chi connectivity index (χ4n) is 2.57. The Kier molecular flexibility index (Phi) is 7.11. The van der Waals surface area contributed by atoms with Gasteiger partial charge in [-0.2, -0.15) is 9.57 Å². The van der Waals surface area contributed by atoms with Crippen molar-refractivity contribution in [2.24, 2.45) is 0 Å². The number of nitrogens with zero attached hydrogens (tertiary/aromatic N) is 3. The lowest BCUT2D eigenvalue weighted by molar-refractivity contribution is -0.129. The maximum atomic E-state index is 12.6. The van der Waals surface area contributed by atoms with Gasteiger partial charge in [-0.25, -0.2) is 8.42 Å². The number of aryl methyl sites for hydroxylation is 1. The van der Waals surface area contributed by atoms with Gasteiger partial charge in [0.15, 0.2) is 0 Å². The number of carbonyl (C=O) groups excluding carboxylic acids is 1. The van der Waals surface area contributed by atoms with E-state index in [0.717, 1.165) is 17.1 Å². The molecule has 0 aliphatic heterocycles. The topological polar surface area (TPSA) is 81.5 Å². The molecule has 0 bridgehead atoms. The number of hydrogen-bond donors (Lipinski definition) is 0. The fraction of sp³-hybridized carbons (Fsp3) is 0.300. The van der Waals surface area contributed by atoms with Crippen molar-refractivity contribution in [3.05, 3.63) is 65.7 Å². The third-order valence-electron chi connectivity index (χ3n) is 4.28. The summed E-state index contributed by atoms with van der Waals surface area (Å²) in [5.74, 6) is -0.261. The molecule has 0 fully saturated rings. The minimum Gasteiger partial charge on any atom is -0.345 e. The van der Waals surface area contributed by atoms with Crippen molar-refractivity contribution >= 4 is 15.9 Å². The Balaban J connectivity index is 1.90. The van der Waals surface area contributed by atoms with Gasteiger partial charge in [0.25, 0.3) is 0 Å². The zero-order chi connectivity index (χ0) is 19.9. The first-order valence-corrected chi connectivity index (χ1v) is 10.0. The van der Waals surface area contributed by atoms with Crippen LogP contribution in [0.25, 0.3) is 0 Å². The smallest absolute Gasteiger partial charge is 0.243 e. The highest BCUT2D eigenvalue weighted by atomic mass is 32.2. The Morgan fingerprint density at radius 1 is 1.04 bits per heavy atom. The monoisotopic (exact) mass is 385 g/mol. The van der Waals surface area contributed by atoms with E-state index in [9.17, 15) is 13.2 Å². The lowest BCUT2D eigenvalue weighted by atomic mass is 10.1. The van der Waals surface area contributed by atoms with Gasteiger partial charge in [0.1, 0.15) is 0 Å². The summed E-state index contributed by atoms with van der Waals surface area (Å²) >= 11 is 0. The summed E-state index contributed by atoms with van der Waals surface area (Å²) in [4.78, 5) is 14.0. The van der Waals surface area contributed by atoms with E-state index in [0.29, 0.717) is 12.1 Å². The van der Waals surface area contributed by atoms with E-state index in [2.05, 4.69) is 0 Å². The molecule has 0 N–H and O–H groups in total. The van der Waals surface area contributed by atoms with Gasteiger partial charge in [-0.05, 0) is 42.7 Å². The van der Waals surface area contributed by atoms with Crippen molar-refractivity contribution < 1.29 is 13.2 Å². The summed E-state index contributed by atoms with van der Waals surface area (Å²) in [6.45, 7) is 0.322. The lowest BCUT2D eigenvalue weighted by Crippen LogP contribution is -2.39. The number of amides is 1. The minimum absolute atomic E-state index is 0.0588. The highest BCUT2D eigenvalue weighted by molar-refractivity contribution is 7.89. The van der Waals surface area contributed by atoms with Gasteiger partial charge in [0, 0.05) is 20.6 Å². The largest absolute Gasteiger partial charge is 0.345 e. The van der Waals surface area contributed by atoms with Crippen LogP contribution < -0.4 is 0 Å². The molecule has 0 radical (unpaired) electrons. The molecular weight excluding hydrogens is 362 g/mol. The van der Waals surface area contributed by atoms with Crippen LogP contribution in [0.1, 0.15) is 17.5 Å². The second-order valence-corrected chi connectivity index (χ2v) is 8.35. The average molecular weight is 385 g/mol. The first-order chi connectivity index (χ1) is 12.8. The predicted molar refractivity (Wildman–Crippen MR) is 103 cm³/mol. The second kappa shape index (κ2) is 9.31. The molecule has 7 heteroatoms. The molecule has 0 aromatic heterocycles. The van der Waals surface area contributed by atoms with Gasteiger partial charge in [0.05, 0.1) is 23.1 Å². The van der Waals surface area contributed by atoms with Crippen LogP contribution in [0.15, 0.2) is 59.5 Å². The van der Waals surface area contributed by atoms with Crippen LogP contribution in [0.3, 0.4) is 0 Å². The summed E-state index contributed by atoms with van der Waals surface area (Å²) in [5.41, 5.74) is 1.59. The standard InChI is InChI=1S/C20H23N3O3S/c1-22(14-6-9-17-7-4-3-5-8-17)20(24)16-23(2)27(25,26)19-12-10-18(15-21)11-13-19/h3-5,7-8,10-13H,6,9,14,16H2,1-2H3. The number of likely N-dealkylation sites (N-methyl/N-ethyl adjacent to an activating group) is 2. The molecule has 0 heterocycles. The molecule has 2 aromatic rings. The molecular formula is C20H23N3O3S. The number of benzene rings is 2. The number of carbonyl (C=O) groups is 1. The van der Waals surface area contributed by atoms with Crippen LogP contribution in [-0.4, -0.2) is 50.7 Å². The van der Waals surface area contributed by atoms with E-state index in [-0.39, 0.29) is 17.3 Å². The molecule has 27 heavy (non-hydrogen) atoms. The summed E-state index contributed by atoms with van der Waals surface area (Å²) in [5, 5.41) is 8.80. The van der Waals surface area contributed by atoms with Gasteiger partial charge in [-0.3, -0.25) is 4.79 Å². The Morgan fingerprint density at radius 2 is 1.67 bits per heavy atom. The molecule has 0 aliphatic carbocycles. The normalized spacial score (nSPS) is 11.2. The predicted octanol–water partition coefficient (Wildman–Crippen LogP) is 2.27. The van der Waals surface area contributed by atoms with E-state index in [1.165, 1.54) is 36.9 Å². The first-order valence-electron chi connectivity index (χ1n) is 8.59. The van der Waals surface area contributed by atoms with Gasteiger partial charge in [-0.1, -0.05) is 30.3 Å². The third-order valence-corrected chi connectivity index (χ3v) is 6.09. The van der Waals surface area contributed by atoms with Gasteiger partial charge in [-0.15, -0.1) is 0 Å².